The first kappa shape index (κ1) is 16.6. The average molecular weight is 331 g/mol. The summed E-state index contributed by atoms with van der Waals surface area (Å²) in [5, 5.41) is -0.116. The van der Waals surface area contributed by atoms with E-state index in [1.54, 1.807) is 6.07 Å². The molecule has 2 rings (SSSR count). The molecule has 0 N–H and O–H groups in total. The quantitative estimate of drug-likeness (QED) is 0.603. The zero-order chi connectivity index (χ0) is 15.7. The van der Waals surface area contributed by atoms with Crippen molar-refractivity contribution in [1.82, 2.24) is 9.55 Å². The first-order valence-corrected chi connectivity index (χ1v) is 8.13. The van der Waals surface area contributed by atoms with Crippen molar-refractivity contribution >= 4 is 34.2 Å². The van der Waals surface area contributed by atoms with Crippen molar-refractivity contribution in [3.63, 3.8) is 0 Å². The fraction of sp³-hybridized carbons (Fsp3) is 0.562. The van der Waals surface area contributed by atoms with Gasteiger partial charge in [0.15, 0.2) is 0 Å². The lowest BCUT2D eigenvalue weighted by molar-refractivity contribution is 0.437. The van der Waals surface area contributed by atoms with Crippen LogP contribution in [0.2, 0.25) is 5.02 Å². The van der Waals surface area contributed by atoms with E-state index in [-0.39, 0.29) is 16.4 Å². The Bertz CT molecular complexity index is 635. The van der Waals surface area contributed by atoms with Gasteiger partial charge in [-0.15, -0.1) is 11.6 Å². The van der Waals surface area contributed by atoms with Gasteiger partial charge >= 0.3 is 0 Å². The van der Waals surface area contributed by atoms with Gasteiger partial charge in [0.05, 0.1) is 21.4 Å². The first-order chi connectivity index (χ1) is 9.81. The van der Waals surface area contributed by atoms with E-state index in [2.05, 4.69) is 30.3 Å². The molecule has 0 saturated carbocycles. The van der Waals surface area contributed by atoms with E-state index in [1.165, 1.54) is 6.07 Å². The zero-order valence-corrected chi connectivity index (χ0v) is 14.3. The summed E-state index contributed by atoms with van der Waals surface area (Å²) >= 11 is 12.2. The van der Waals surface area contributed by atoms with Crippen LogP contribution in [0.1, 0.15) is 57.8 Å². The topological polar surface area (TPSA) is 17.8 Å². The standard InChI is InChI=1S/C16H21Cl2FN2/c1-9(2)5-6-10(3)21-15-7-12(18)13(19)8-14(15)20-16(21)11(4)17/h7-11H,5-6H2,1-4H3. The summed E-state index contributed by atoms with van der Waals surface area (Å²) in [6.45, 7) is 8.43. The van der Waals surface area contributed by atoms with Gasteiger partial charge in [-0.05, 0) is 38.7 Å². The molecule has 1 aromatic heterocycles. The molecule has 2 atom stereocenters. The van der Waals surface area contributed by atoms with E-state index in [0.717, 1.165) is 24.2 Å². The number of hydrogen-bond acceptors (Lipinski definition) is 1. The lowest BCUT2D eigenvalue weighted by Gasteiger charge is -2.19. The van der Waals surface area contributed by atoms with Gasteiger partial charge in [0.2, 0.25) is 0 Å². The molecule has 0 saturated heterocycles. The highest BCUT2D eigenvalue weighted by Crippen LogP contribution is 2.32. The molecule has 0 bridgehead atoms. The number of hydrogen-bond donors (Lipinski definition) is 0. The number of benzene rings is 1. The summed E-state index contributed by atoms with van der Waals surface area (Å²) in [5.41, 5.74) is 1.45. The number of halogens is 3. The third-order valence-electron chi connectivity index (χ3n) is 3.72. The molecule has 2 nitrogen and oxygen atoms in total. The van der Waals surface area contributed by atoms with Crippen molar-refractivity contribution in [3.05, 3.63) is 28.8 Å². The average Bonchev–Trinajstić information content (AvgIpc) is 2.75. The number of fused-ring (bicyclic) bond motifs is 1. The first-order valence-electron chi connectivity index (χ1n) is 7.32. The molecular weight excluding hydrogens is 310 g/mol. The van der Waals surface area contributed by atoms with Gasteiger partial charge in [0.25, 0.3) is 0 Å². The van der Waals surface area contributed by atoms with Gasteiger partial charge in [-0.3, -0.25) is 0 Å². The number of rotatable bonds is 5. The Morgan fingerprint density at radius 1 is 1.19 bits per heavy atom. The van der Waals surface area contributed by atoms with Gasteiger partial charge in [-0.25, -0.2) is 9.37 Å². The number of imidazole rings is 1. The normalized spacial score (nSPS) is 14.9. The molecule has 2 unspecified atom stereocenters. The second kappa shape index (κ2) is 6.53. The predicted octanol–water partition coefficient (Wildman–Crippen LogP) is 6.13. The van der Waals surface area contributed by atoms with Crippen LogP contribution in [0.15, 0.2) is 12.1 Å². The molecular formula is C16H21Cl2FN2. The van der Waals surface area contributed by atoms with Crippen molar-refractivity contribution in [2.24, 2.45) is 5.92 Å². The summed E-state index contributed by atoms with van der Waals surface area (Å²) in [7, 11) is 0. The Balaban J connectivity index is 2.52. The molecule has 0 aliphatic heterocycles. The largest absolute Gasteiger partial charge is 0.324 e. The van der Waals surface area contributed by atoms with Crippen molar-refractivity contribution < 1.29 is 4.39 Å². The van der Waals surface area contributed by atoms with Gasteiger partial charge in [0, 0.05) is 12.1 Å². The Kier molecular flexibility index (Phi) is 5.15. The Hall–Kier alpha value is -0.800. The smallest absolute Gasteiger partial charge is 0.144 e. The van der Waals surface area contributed by atoms with Crippen LogP contribution in [0.4, 0.5) is 4.39 Å². The summed E-state index contributed by atoms with van der Waals surface area (Å²) < 4.78 is 15.7. The van der Waals surface area contributed by atoms with Gasteiger partial charge in [0.1, 0.15) is 11.6 Å². The molecule has 1 aromatic carbocycles. The molecule has 116 valence electrons. The minimum atomic E-state index is -0.447. The minimum absolute atomic E-state index is 0.119. The highest BCUT2D eigenvalue weighted by molar-refractivity contribution is 6.31. The Labute approximate surface area is 135 Å². The monoisotopic (exact) mass is 330 g/mol. The van der Waals surface area contributed by atoms with Crippen molar-refractivity contribution in [2.45, 2.75) is 52.0 Å². The molecule has 0 aliphatic carbocycles. The highest BCUT2D eigenvalue weighted by atomic mass is 35.5. The number of aromatic nitrogens is 2. The molecule has 0 spiro atoms. The van der Waals surface area contributed by atoms with Crippen LogP contribution in [0, 0.1) is 11.7 Å². The third-order valence-corrected chi connectivity index (χ3v) is 4.20. The molecule has 21 heavy (non-hydrogen) atoms. The fourth-order valence-corrected chi connectivity index (χ4v) is 2.87. The zero-order valence-electron chi connectivity index (χ0n) is 12.8. The number of alkyl halides is 1. The highest BCUT2D eigenvalue weighted by Gasteiger charge is 2.20. The fourth-order valence-electron chi connectivity index (χ4n) is 2.56. The van der Waals surface area contributed by atoms with E-state index >= 15 is 0 Å². The van der Waals surface area contributed by atoms with Crippen LogP contribution in [-0.2, 0) is 0 Å². The molecule has 0 radical (unpaired) electrons. The minimum Gasteiger partial charge on any atom is -0.324 e. The molecule has 2 aromatic rings. The molecule has 1 heterocycles. The maximum absolute atomic E-state index is 13.6. The van der Waals surface area contributed by atoms with Gasteiger partial charge < -0.3 is 4.57 Å². The van der Waals surface area contributed by atoms with Crippen molar-refractivity contribution in [1.29, 1.82) is 0 Å². The molecule has 0 fully saturated rings. The summed E-state index contributed by atoms with van der Waals surface area (Å²) in [5.74, 6) is 0.960. The van der Waals surface area contributed by atoms with Crippen LogP contribution in [-0.4, -0.2) is 9.55 Å². The summed E-state index contributed by atoms with van der Waals surface area (Å²) in [6.07, 6.45) is 2.14. The van der Waals surface area contributed by atoms with Crippen molar-refractivity contribution in [3.8, 4) is 0 Å². The maximum Gasteiger partial charge on any atom is 0.144 e. The molecule has 5 heteroatoms. The van der Waals surface area contributed by atoms with Crippen LogP contribution in [0.25, 0.3) is 11.0 Å². The Morgan fingerprint density at radius 3 is 2.43 bits per heavy atom. The van der Waals surface area contributed by atoms with Crippen LogP contribution < -0.4 is 0 Å². The lowest BCUT2D eigenvalue weighted by Crippen LogP contribution is -2.11. The molecule has 0 amide bonds. The SMILES string of the molecule is CC(C)CCC(C)n1c(C(C)Cl)nc2cc(F)c(Cl)cc21. The molecule has 0 aliphatic rings. The lowest BCUT2D eigenvalue weighted by atomic mass is 10.0. The summed E-state index contributed by atoms with van der Waals surface area (Å²) in [4.78, 5) is 4.49. The van der Waals surface area contributed by atoms with Crippen LogP contribution in [0.3, 0.4) is 0 Å². The van der Waals surface area contributed by atoms with E-state index in [1.807, 2.05) is 6.92 Å². The Morgan fingerprint density at radius 2 is 1.86 bits per heavy atom. The summed E-state index contributed by atoms with van der Waals surface area (Å²) in [6, 6.07) is 3.27. The van der Waals surface area contributed by atoms with E-state index in [0.29, 0.717) is 11.4 Å². The van der Waals surface area contributed by atoms with Crippen LogP contribution >= 0.6 is 23.2 Å². The van der Waals surface area contributed by atoms with E-state index in [4.69, 9.17) is 23.2 Å². The third kappa shape index (κ3) is 3.51. The van der Waals surface area contributed by atoms with Gasteiger partial charge in [-0.2, -0.15) is 0 Å². The van der Waals surface area contributed by atoms with Crippen molar-refractivity contribution in [2.75, 3.05) is 0 Å². The maximum atomic E-state index is 13.6. The van der Waals surface area contributed by atoms with Gasteiger partial charge in [-0.1, -0.05) is 25.4 Å². The second-order valence-corrected chi connectivity index (χ2v) is 7.09. The second-order valence-electron chi connectivity index (χ2n) is 6.03. The van der Waals surface area contributed by atoms with E-state index < -0.39 is 5.82 Å². The van der Waals surface area contributed by atoms with Crippen LogP contribution in [0.5, 0.6) is 0 Å². The number of nitrogens with zero attached hydrogens (tertiary/aromatic N) is 2. The van der Waals surface area contributed by atoms with E-state index in [9.17, 15) is 4.39 Å². The predicted molar refractivity (Wildman–Crippen MR) is 87.8 cm³/mol.